The zero-order valence-electron chi connectivity index (χ0n) is 13.4. The van der Waals surface area contributed by atoms with Crippen molar-refractivity contribution >= 4 is 17.2 Å². The van der Waals surface area contributed by atoms with Crippen LogP contribution in [0.2, 0.25) is 0 Å². The van der Waals surface area contributed by atoms with Gasteiger partial charge in [-0.15, -0.1) is 11.3 Å². The van der Waals surface area contributed by atoms with E-state index in [-0.39, 0.29) is 11.9 Å². The van der Waals surface area contributed by atoms with Gasteiger partial charge in [0, 0.05) is 24.0 Å². The second kappa shape index (κ2) is 6.45. The number of hydrogen-bond donors (Lipinski definition) is 1. The molecule has 1 aromatic heterocycles. The predicted octanol–water partition coefficient (Wildman–Crippen LogP) is 2.75. The number of hydrogen-bond acceptors (Lipinski definition) is 5. The topological polar surface area (TPSA) is 64.8 Å². The van der Waals surface area contributed by atoms with Gasteiger partial charge in [0.1, 0.15) is 13.2 Å². The van der Waals surface area contributed by atoms with Gasteiger partial charge in [-0.2, -0.15) is 0 Å². The van der Waals surface area contributed by atoms with Crippen molar-refractivity contribution in [3.05, 3.63) is 35.2 Å². The van der Waals surface area contributed by atoms with Crippen LogP contribution in [-0.4, -0.2) is 43.2 Å². The van der Waals surface area contributed by atoms with Gasteiger partial charge in [0.15, 0.2) is 11.5 Å². The number of ether oxygens (including phenoxy) is 2. The number of thiophene rings is 1. The summed E-state index contributed by atoms with van der Waals surface area (Å²) >= 11 is 1.52. The van der Waals surface area contributed by atoms with E-state index in [1.165, 1.54) is 11.3 Å². The van der Waals surface area contributed by atoms with Gasteiger partial charge in [-0.05, 0) is 48.7 Å². The number of carbonyl (C=O) groups is 1. The molecule has 0 unspecified atom stereocenters. The van der Waals surface area contributed by atoms with Crippen molar-refractivity contribution < 1.29 is 14.3 Å². The third kappa shape index (κ3) is 2.99. The van der Waals surface area contributed by atoms with Gasteiger partial charge < -0.3 is 20.1 Å². The molecule has 2 aromatic rings. The molecule has 6 heteroatoms. The molecule has 0 bridgehead atoms. The lowest BCUT2D eigenvalue weighted by atomic mass is 10.1. The van der Waals surface area contributed by atoms with Crippen molar-refractivity contribution in [3.8, 4) is 21.9 Å². The lowest BCUT2D eigenvalue weighted by molar-refractivity contribution is 0.0719. The molecule has 0 radical (unpaired) electrons. The van der Waals surface area contributed by atoms with E-state index in [4.69, 9.17) is 15.2 Å². The molecular formula is C18H20N2O3S. The molecule has 24 heavy (non-hydrogen) atoms. The lowest BCUT2D eigenvalue weighted by Gasteiger charge is -2.29. The molecule has 2 N–H and O–H groups in total. The Bertz CT molecular complexity index is 750. The van der Waals surface area contributed by atoms with Crippen LogP contribution in [0.3, 0.4) is 0 Å². The smallest absolute Gasteiger partial charge is 0.263 e. The zero-order chi connectivity index (χ0) is 16.5. The van der Waals surface area contributed by atoms with Crippen LogP contribution in [0.15, 0.2) is 30.3 Å². The average Bonchev–Trinajstić information content (AvgIpc) is 3.11. The SMILES string of the molecule is NC1CCN(C(=O)c2ccc(-c3ccc4c(c3)OCCO4)s2)CC1. The van der Waals surface area contributed by atoms with Crippen LogP contribution in [0.1, 0.15) is 22.5 Å². The molecule has 1 saturated heterocycles. The van der Waals surface area contributed by atoms with Gasteiger partial charge in [0.2, 0.25) is 0 Å². The first-order chi connectivity index (χ1) is 11.7. The normalized spacial score (nSPS) is 17.8. The van der Waals surface area contributed by atoms with Gasteiger partial charge in [-0.25, -0.2) is 0 Å². The number of likely N-dealkylation sites (tertiary alicyclic amines) is 1. The highest BCUT2D eigenvalue weighted by atomic mass is 32.1. The summed E-state index contributed by atoms with van der Waals surface area (Å²) in [6.45, 7) is 2.65. The molecule has 4 rings (SSSR count). The Morgan fingerprint density at radius 1 is 1.08 bits per heavy atom. The monoisotopic (exact) mass is 344 g/mol. The van der Waals surface area contributed by atoms with Gasteiger partial charge in [0.05, 0.1) is 4.88 Å². The first-order valence-electron chi connectivity index (χ1n) is 8.25. The molecule has 1 amide bonds. The summed E-state index contributed by atoms with van der Waals surface area (Å²) in [6, 6.07) is 10.1. The minimum atomic E-state index is 0.107. The third-order valence-corrected chi connectivity index (χ3v) is 5.59. The molecule has 2 aliphatic heterocycles. The van der Waals surface area contributed by atoms with Crippen LogP contribution in [0, 0.1) is 0 Å². The fourth-order valence-corrected chi connectivity index (χ4v) is 4.03. The van der Waals surface area contributed by atoms with Crippen molar-refractivity contribution in [2.45, 2.75) is 18.9 Å². The van der Waals surface area contributed by atoms with Crippen molar-refractivity contribution in [2.75, 3.05) is 26.3 Å². The number of amides is 1. The Kier molecular flexibility index (Phi) is 4.16. The molecule has 5 nitrogen and oxygen atoms in total. The summed E-state index contributed by atoms with van der Waals surface area (Å²) in [6.07, 6.45) is 1.76. The number of benzene rings is 1. The van der Waals surface area contributed by atoms with E-state index in [1.807, 2.05) is 35.2 Å². The van der Waals surface area contributed by atoms with Crippen LogP contribution < -0.4 is 15.2 Å². The van der Waals surface area contributed by atoms with Crippen LogP contribution >= 0.6 is 11.3 Å². The molecule has 0 atom stereocenters. The summed E-state index contributed by atoms with van der Waals surface area (Å²) in [4.78, 5) is 16.4. The standard InChI is InChI=1S/C18H20N2O3S/c19-13-5-7-20(8-6-13)18(21)17-4-3-16(24-17)12-1-2-14-15(11-12)23-10-9-22-14/h1-4,11,13H,5-10,19H2. The molecule has 0 aliphatic carbocycles. The summed E-state index contributed by atoms with van der Waals surface area (Å²) in [7, 11) is 0. The molecule has 0 spiro atoms. The number of carbonyl (C=O) groups excluding carboxylic acids is 1. The highest BCUT2D eigenvalue weighted by Gasteiger charge is 2.23. The Morgan fingerprint density at radius 2 is 1.83 bits per heavy atom. The van der Waals surface area contributed by atoms with E-state index in [0.717, 1.165) is 52.7 Å². The van der Waals surface area contributed by atoms with Crippen molar-refractivity contribution in [1.29, 1.82) is 0 Å². The summed E-state index contributed by atoms with van der Waals surface area (Å²) in [5.74, 6) is 1.66. The van der Waals surface area contributed by atoms with E-state index in [2.05, 4.69) is 0 Å². The number of rotatable bonds is 2. The molecule has 1 aromatic carbocycles. The predicted molar refractivity (Wildman–Crippen MR) is 93.9 cm³/mol. The van der Waals surface area contributed by atoms with Crippen molar-refractivity contribution in [1.82, 2.24) is 4.90 Å². The largest absolute Gasteiger partial charge is 0.486 e. The fraction of sp³-hybridized carbons (Fsp3) is 0.389. The molecular weight excluding hydrogens is 324 g/mol. The van der Waals surface area contributed by atoms with Crippen LogP contribution in [0.25, 0.3) is 10.4 Å². The fourth-order valence-electron chi connectivity index (χ4n) is 3.06. The van der Waals surface area contributed by atoms with Crippen molar-refractivity contribution in [2.24, 2.45) is 5.73 Å². The Balaban J connectivity index is 1.53. The van der Waals surface area contributed by atoms with Gasteiger partial charge >= 0.3 is 0 Å². The van der Waals surface area contributed by atoms with Gasteiger partial charge in [-0.1, -0.05) is 0 Å². The van der Waals surface area contributed by atoms with E-state index in [0.29, 0.717) is 13.2 Å². The van der Waals surface area contributed by atoms with Gasteiger partial charge in [0.25, 0.3) is 5.91 Å². The van der Waals surface area contributed by atoms with Crippen LogP contribution in [0.4, 0.5) is 0 Å². The minimum absolute atomic E-state index is 0.107. The van der Waals surface area contributed by atoms with E-state index in [1.54, 1.807) is 0 Å². The van der Waals surface area contributed by atoms with Crippen LogP contribution in [0.5, 0.6) is 11.5 Å². The second-order valence-corrected chi connectivity index (χ2v) is 7.24. The minimum Gasteiger partial charge on any atom is -0.486 e. The Morgan fingerprint density at radius 3 is 2.62 bits per heavy atom. The highest BCUT2D eigenvalue weighted by Crippen LogP contribution is 2.37. The third-order valence-electron chi connectivity index (χ3n) is 4.47. The molecule has 0 saturated carbocycles. The van der Waals surface area contributed by atoms with E-state index in [9.17, 15) is 4.79 Å². The maximum absolute atomic E-state index is 12.6. The van der Waals surface area contributed by atoms with Crippen LogP contribution in [-0.2, 0) is 0 Å². The number of fused-ring (bicyclic) bond motifs is 1. The average molecular weight is 344 g/mol. The summed E-state index contributed by atoms with van der Waals surface area (Å²) in [5, 5.41) is 0. The quantitative estimate of drug-likeness (QED) is 0.910. The number of nitrogens with zero attached hydrogens (tertiary/aromatic N) is 1. The summed E-state index contributed by atoms with van der Waals surface area (Å²) in [5.41, 5.74) is 6.96. The maximum Gasteiger partial charge on any atom is 0.263 e. The van der Waals surface area contributed by atoms with E-state index < -0.39 is 0 Å². The second-order valence-electron chi connectivity index (χ2n) is 6.15. The molecule has 1 fully saturated rings. The summed E-state index contributed by atoms with van der Waals surface area (Å²) < 4.78 is 11.2. The Labute approximate surface area is 145 Å². The molecule has 126 valence electrons. The molecule has 3 heterocycles. The number of nitrogens with two attached hydrogens (primary N) is 1. The Hall–Kier alpha value is -2.05. The maximum atomic E-state index is 12.6. The number of piperidine rings is 1. The van der Waals surface area contributed by atoms with E-state index >= 15 is 0 Å². The molecule has 2 aliphatic rings. The first kappa shape index (κ1) is 15.5. The zero-order valence-corrected chi connectivity index (χ0v) is 14.2. The first-order valence-corrected chi connectivity index (χ1v) is 9.07. The van der Waals surface area contributed by atoms with Gasteiger partial charge in [-0.3, -0.25) is 4.79 Å². The lowest BCUT2D eigenvalue weighted by Crippen LogP contribution is -2.42. The highest BCUT2D eigenvalue weighted by molar-refractivity contribution is 7.17. The van der Waals surface area contributed by atoms with Crippen molar-refractivity contribution in [3.63, 3.8) is 0 Å².